The highest BCUT2D eigenvalue weighted by atomic mass is 32.2. The average Bonchev–Trinajstić information content (AvgIpc) is 3.32. The highest BCUT2D eigenvalue weighted by molar-refractivity contribution is 8.03. The summed E-state index contributed by atoms with van der Waals surface area (Å²) in [5, 5.41) is 4.38. The predicted molar refractivity (Wildman–Crippen MR) is 144 cm³/mol. The molecule has 4 rings (SSSR count). The Balaban J connectivity index is 1.25. The summed E-state index contributed by atoms with van der Waals surface area (Å²) in [6, 6.07) is 15.2. The minimum absolute atomic E-state index is 0.0748. The standard InChI is InChI=1S/C27H32FN3O2S2/c1-18-9-10-25(24(28)13-18)29-16-19(2)26(32)31-11-12-34-27(31)20(3)30-35-23-14-22(15-23)33-17-21-7-5-4-6-8-21/h4-10,13,16,22-23,29-30H,11-12,14-15,17H2,1-3H3/b19-16+,27-20-. The van der Waals surface area contributed by atoms with Crippen LogP contribution in [0.1, 0.15) is 37.8 Å². The summed E-state index contributed by atoms with van der Waals surface area (Å²) in [6.45, 7) is 6.93. The third-order valence-electron chi connectivity index (χ3n) is 6.03. The van der Waals surface area contributed by atoms with E-state index in [1.165, 1.54) is 11.6 Å². The molecule has 5 nitrogen and oxygen atoms in total. The zero-order chi connectivity index (χ0) is 24.8. The van der Waals surface area contributed by atoms with Gasteiger partial charge in [0.05, 0.1) is 23.4 Å². The number of benzene rings is 2. The van der Waals surface area contributed by atoms with Crippen LogP contribution in [0, 0.1) is 12.7 Å². The Labute approximate surface area is 215 Å². The molecule has 0 bridgehead atoms. The highest BCUT2D eigenvalue weighted by Gasteiger charge is 2.32. The second-order valence-electron chi connectivity index (χ2n) is 8.92. The van der Waals surface area contributed by atoms with E-state index in [0.29, 0.717) is 35.8 Å². The van der Waals surface area contributed by atoms with Gasteiger partial charge in [-0.1, -0.05) is 36.4 Å². The van der Waals surface area contributed by atoms with E-state index < -0.39 is 0 Å². The second-order valence-corrected chi connectivity index (χ2v) is 11.1. The van der Waals surface area contributed by atoms with E-state index in [2.05, 4.69) is 22.2 Å². The molecule has 2 fully saturated rings. The predicted octanol–water partition coefficient (Wildman–Crippen LogP) is 6.20. The van der Waals surface area contributed by atoms with Crippen molar-refractivity contribution in [2.24, 2.45) is 0 Å². The zero-order valence-corrected chi connectivity index (χ0v) is 22.0. The smallest absolute Gasteiger partial charge is 0.255 e. The Bertz CT molecular complexity index is 1100. The van der Waals surface area contributed by atoms with E-state index in [-0.39, 0.29) is 11.7 Å². The molecule has 0 unspecified atom stereocenters. The summed E-state index contributed by atoms with van der Waals surface area (Å²) >= 11 is 3.39. The summed E-state index contributed by atoms with van der Waals surface area (Å²) in [7, 11) is 0. The number of hydrogen-bond acceptors (Lipinski definition) is 6. The maximum atomic E-state index is 14.1. The number of hydrogen-bond donors (Lipinski definition) is 2. The minimum Gasteiger partial charge on any atom is -0.373 e. The summed E-state index contributed by atoms with van der Waals surface area (Å²) in [5.41, 5.74) is 3.93. The van der Waals surface area contributed by atoms with E-state index in [4.69, 9.17) is 4.74 Å². The van der Waals surface area contributed by atoms with Gasteiger partial charge in [-0.05, 0) is 68.8 Å². The van der Waals surface area contributed by atoms with E-state index in [1.807, 2.05) is 38.1 Å². The third-order valence-corrected chi connectivity index (χ3v) is 8.36. The summed E-state index contributed by atoms with van der Waals surface area (Å²) < 4.78 is 23.5. The molecule has 2 aromatic carbocycles. The SMILES string of the molecule is C/C(NSC1CC(OCc2ccccc2)C1)=C1/SCCN1C(=O)/C(C)=C/Nc1ccc(C)cc1F. The Kier molecular flexibility index (Phi) is 8.81. The third kappa shape index (κ3) is 6.84. The second kappa shape index (κ2) is 12.0. The van der Waals surface area contributed by atoms with Gasteiger partial charge in [0.15, 0.2) is 0 Å². The fourth-order valence-corrected chi connectivity index (χ4v) is 6.06. The molecule has 8 heteroatoms. The molecule has 0 radical (unpaired) electrons. The molecule has 2 N–H and O–H groups in total. The van der Waals surface area contributed by atoms with Crippen LogP contribution in [0.3, 0.4) is 0 Å². The van der Waals surface area contributed by atoms with Crippen LogP contribution < -0.4 is 10.0 Å². The topological polar surface area (TPSA) is 53.6 Å². The number of thioether (sulfide) groups is 1. The molecule has 0 spiro atoms. The lowest BCUT2D eigenvalue weighted by Gasteiger charge is -2.34. The van der Waals surface area contributed by atoms with Crippen LogP contribution >= 0.6 is 23.7 Å². The first-order chi connectivity index (χ1) is 16.9. The van der Waals surface area contributed by atoms with Crippen molar-refractivity contribution in [3.63, 3.8) is 0 Å². The normalized spacial score (nSPS) is 21.5. The first-order valence-corrected chi connectivity index (χ1v) is 13.7. The summed E-state index contributed by atoms with van der Waals surface area (Å²) in [6.07, 6.45) is 3.93. The van der Waals surface area contributed by atoms with Gasteiger partial charge in [-0.2, -0.15) is 0 Å². The molecular weight excluding hydrogens is 481 g/mol. The fraction of sp³-hybridized carbons (Fsp3) is 0.370. The minimum atomic E-state index is -0.334. The van der Waals surface area contributed by atoms with E-state index in [1.54, 1.807) is 47.8 Å². The van der Waals surface area contributed by atoms with Crippen molar-refractivity contribution in [3.8, 4) is 0 Å². The van der Waals surface area contributed by atoms with Gasteiger partial charge in [0.1, 0.15) is 5.82 Å². The molecule has 1 aliphatic heterocycles. The molecule has 35 heavy (non-hydrogen) atoms. The maximum absolute atomic E-state index is 14.1. The van der Waals surface area contributed by atoms with Crippen LogP contribution in [0.25, 0.3) is 0 Å². The van der Waals surface area contributed by atoms with Gasteiger partial charge in [-0.15, -0.1) is 11.8 Å². The molecule has 1 saturated carbocycles. The van der Waals surface area contributed by atoms with E-state index in [9.17, 15) is 9.18 Å². The molecule has 2 aliphatic rings. The van der Waals surface area contributed by atoms with Gasteiger partial charge in [0.2, 0.25) is 0 Å². The number of nitrogens with one attached hydrogen (secondary N) is 2. The van der Waals surface area contributed by atoms with Crippen LogP contribution in [0.5, 0.6) is 0 Å². The van der Waals surface area contributed by atoms with Crippen molar-refractivity contribution in [2.75, 3.05) is 17.6 Å². The first-order valence-electron chi connectivity index (χ1n) is 11.8. The van der Waals surface area contributed by atoms with E-state index >= 15 is 0 Å². The molecular formula is C27H32FN3O2S2. The van der Waals surface area contributed by atoms with Gasteiger partial charge in [-0.3, -0.25) is 4.79 Å². The van der Waals surface area contributed by atoms with Crippen molar-refractivity contribution in [1.82, 2.24) is 9.62 Å². The number of carbonyl (C=O) groups excluding carboxylic acids is 1. The molecule has 1 aliphatic carbocycles. The molecule has 2 aromatic rings. The lowest BCUT2D eigenvalue weighted by atomic mass is 9.95. The number of rotatable bonds is 9. The molecule has 1 amide bonds. The number of halogens is 1. The number of carbonyl (C=O) groups is 1. The Morgan fingerprint density at radius 2 is 2.00 bits per heavy atom. The molecule has 186 valence electrons. The zero-order valence-electron chi connectivity index (χ0n) is 20.3. The molecule has 0 aromatic heterocycles. The molecule has 1 heterocycles. The van der Waals surface area contributed by atoms with Gasteiger partial charge in [0, 0.05) is 35.0 Å². The maximum Gasteiger partial charge on any atom is 0.255 e. The van der Waals surface area contributed by atoms with Crippen molar-refractivity contribution >= 4 is 35.3 Å². The quantitative estimate of drug-likeness (QED) is 0.308. The number of anilines is 1. The van der Waals surface area contributed by atoms with Crippen molar-refractivity contribution in [2.45, 2.75) is 51.6 Å². The van der Waals surface area contributed by atoms with Gasteiger partial charge < -0.3 is 19.7 Å². The molecule has 1 saturated heterocycles. The van der Waals surface area contributed by atoms with Crippen LogP contribution in [0.15, 0.2) is 71.0 Å². The number of ether oxygens (including phenoxy) is 1. The first kappa shape index (κ1) is 25.7. The van der Waals surface area contributed by atoms with Crippen LogP contribution in [0.2, 0.25) is 0 Å². The Morgan fingerprint density at radius 1 is 1.23 bits per heavy atom. The Hall–Kier alpha value is -2.42. The Morgan fingerprint density at radius 3 is 2.74 bits per heavy atom. The average molecular weight is 514 g/mol. The highest BCUT2D eigenvalue weighted by Crippen LogP contribution is 2.36. The lowest BCUT2D eigenvalue weighted by Crippen LogP contribution is -2.35. The van der Waals surface area contributed by atoms with Gasteiger partial charge in [-0.25, -0.2) is 4.39 Å². The van der Waals surface area contributed by atoms with Crippen molar-refractivity contribution < 1.29 is 13.9 Å². The van der Waals surface area contributed by atoms with Crippen LogP contribution in [-0.4, -0.2) is 34.5 Å². The lowest BCUT2D eigenvalue weighted by molar-refractivity contribution is -0.124. The summed E-state index contributed by atoms with van der Waals surface area (Å²) in [5.74, 6) is 0.449. The summed E-state index contributed by atoms with van der Waals surface area (Å²) in [4.78, 5) is 14.9. The molecule has 0 atom stereocenters. The van der Waals surface area contributed by atoms with Gasteiger partial charge in [0.25, 0.3) is 5.91 Å². The van der Waals surface area contributed by atoms with Gasteiger partial charge >= 0.3 is 0 Å². The van der Waals surface area contributed by atoms with Crippen LogP contribution in [0.4, 0.5) is 10.1 Å². The van der Waals surface area contributed by atoms with Crippen LogP contribution in [-0.2, 0) is 16.1 Å². The van der Waals surface area contributed by atoms with Crippen molar-refractivity contribution in [1.29, 1.82) is 0 Å². The number of aryl methyl sites for hydroxylation is 1. The number of allylic oxidation sites excluding steroid dienone is 1. The van der Waals surface area contributed by atoms with E-state index in [0.717, 1.165) is 34.9 Å². The monoisotopic (exact) mass is 513 g/mol. The number of amides is 1. The largest absolute Gasteiger partial charge is 0.373 e. The van der Waals surface area contributed by atoms with Crippen molar-refractivity contribution in [3.05, 3.63) is 88.0 Å². The fourth-order valence-electron chi connectivity index (χ4n) is 3.87. The number of nitrogens with zero attached hydrogens (tertiary/aromatic N) is 1.